The highest BCUT2D eigenvalue weighted by Gasteiger charge is 2.14. The van der Waals surface area contributed by atoms with Gasteiger partial charge in [0.1, 0.15) is 0 Å². The molecule has 0 spiro atoms. The maximum absolute atomic E-state index is 12.3. The predicted molar refractivity (Wildman–Crippen MR) is 99.2 cm³/mol. The second-order valence-electron chi connectivity index (χ2n) is 5.48. The lowest BCUT2D eigenvalue weighted by Gasteiger charge is -2.07. The second kappa shape index (κ2) is 5.65. The lowest BCUT2D eigenvalue weighted by Crippen LogP contribution is -2.28. The van der Waals surface area contributed by atoms with Crippen LogP contribution in [0.15, 0.2) is 39.9 Å². The van der Waals surface area contributed by atoms with Gasteiger partial charge in [-0.05, 0) is 24.3 Å². The first-order valence-corrected chi connectivity index (χ1v) is 8.04. The molecule has 0 aliphatic heterocycles. The lowest BCUT2D eigenvalue weighted by molar-refractivity contribution is 0.843. The summed E-state index contributed by atoms with van der Waals surface area (Å²) in [6, 6.07) is 8.55. The average Bonchev–Trinajstić information content (AvgIpc) is 2.98. The molecule has 4 rings (SSSR count). The maximum Gasteiger partial charge on any atom is 0.328 e. The molecule has 126 valence electrons. The Morgan fingerprint density at radius 2 is 1.80 bits per heavy atom. The molecule has 9 heteroatoms. The van der Waals surface area contributed by atoms with Gasteiger partial charge in [0.15, 0.2) is 0 Å². The fraction of sp³-hybridized carbons (Fsp3) is 0.0625. The number of halogens is 2. The van der Waals surface area contributed by atoms with Gasteiger partial charge in [-0.1, -0.05) is 29.3 Å². The molecule has 2 heterocycles. The molecule has 0 bridgehead atoms. The molecular formula is C16H11Cl2N5O2. The molecule has 0 radical (unpaired) electrons. The first-order chi connectivity index (χ1) is 12.0. The third-order valence-electron chi connectivity index (χ3n) is 3.96. The molecule has 4 aromatic rings. The Balaban J connectivity index is 1.94. The monoisotopic (exact) mass is 375 g/mol. The van der Waals surface area contributed by atoms with E-state index in [1.165, 1.54) is 4.57 Å². The lowest BCUT2D eigenvalue weighted by atomic mass is 10.2. The number of fused-ring (bicyclic) bond motifs is 3. The van der Waals surface area contributed by atoms with Crippen LogP contribution in [0, 0.1) is 0 Å². The van der Waals surface area contributed by atoms with E-state index in [0.717, 1.165) is 0 Å². The molecule has 0 fully saturated rings. The molecule has 25 heavy (non-hydrogen) atoms. The van der Waals surface area contributed by atoms with Crippen LogP contribution in [0.1, 0.15) is 0 Å². The number of aromatic nitrogens is 4. The number of nitrogens with one attached hydrogen (secondary N) is 3. The quantitative estimate of drug-likeness (QED) is 0.501. The van der Waals surface area contributed by atoms with E-state index in [0.29, 0.717) is 43.6 Å². The number of para-hydroxylation sites is 1. The third kappa shape index (κ3) is 2.48. The molecule has 0 saturated heterocycles. The van der Waals surface area contributed by atoms with Gasteiger partial charge in [0, 0.05) is 7.05 Å². The Kier molecular flexibility index (Phi) is 3.55. The van der Waals surface area contributed by atoms with Crippen LogP contribution >= 0.6 is 23.2 Å². The number of aromatic amines is 2. The summed E-state index contributed by atoms with van der Waals surface area (Å²) in [5.74, 6) is 0.380. The van der Waals surface area contributed by atoms with Crippen molar-refractivity contribution in [2.45, 2.75) is 0 Å². The van der Waals surface area contributed by atoms with Crippen molar-refractivity contribution in [2.24, 2.45) is 7.05 Å². The van der Waals surface area contributed by atoms with Crippen molar-refractivity contribution >= 4 is 56.8 Å². The van der Waals surface area contributed by atoms with Gasteiger partial charge in [-0.3, -0.25) is 14.3 Å². The summed E-state index contributed by atoms with van der Waals surface area (Å²) in [5.41, 5.74) is 1.15. The molecule has 0 saturated carbocycles. The smallest absolute Gasteiger partial charge is 0.323 e. The highest BCUT2D eigenvalue weighted by atomic mass is 35.5. The first kappa shape index (κ1) is 15.7. The van der Waals surface area contributed by atoms with Crippen molar-refractivity contribution in [2.75, 3.05) is 5.32 Å². The van der Waals surface area contributed by atoms with E-state index in [9.17, 15) is 9.59 Å². The zero-order valence-corrected chi connectivity index (χ0v) is 14.4. The van der Waals surface area contributed by atoms with E-state index in [2.05, 4.69) is 20.3 Å². The van der Waals surface area contributed by atoms with Crippen molar-refractivity contribution in [3.8, 4) is 0 Å². The molecule has 3 N–H and O–H groups in total. The molecule has 2 aromatic heterocycles. The van der Waals surface area contributed by atoms with E-state index in [-0.39, 0.29) is 0 Å². The van der Waals surface area contributed by atoms with E-state index < -0.39 is 11.2 Å². The minimum absolute atomic E-state index is 0.352. The van der Waals surface area contributed by atoms with Crippen LogP contribution in [0.3, 0.4) is 0 Å². The summed E-state index contributed by atoms with van der Waals surface area (Å²) in [4.78, 5) is 33.8. The first-order valence-electron chi connectivity index (χ1n) is 7.28. The van der Waals surface area contributed by atoms with Crippen LogP contribution in [0.5, 0.6) is 0 Å². The molecule has 0 unspecified atom stereocenters. The second-order valence-corrected chi connectivity index (χ2v) is 6.29. The van der Waals surface area contributed by atoms with Crippen LogP contribution in [-0.2, 0) is 7.05 Å². The molecule has 0 aliphatic rings. The van der Waals surface area contributed by atoms with E-state index in [1.807, 2.05) is 0 Å². The fourth-order valence-corrected chi connectivity index (χ4v) is 3.22. The minimum Gasteiger partial charge on any atom is -0.323 e. The van der Waals surface area contributed by atoms with Crippen molar-refractivity contribution in [3.63, 3.8) is 0 Å². The molecule has 7 nitrogen and oxygen atoms in total. The predicted octanol–water partition coefficient (Wildman–Crippen LogP) is 3.15. The normalized spacial score (nSPS) is 11.3. The molecular weight excluding hydrogens is 365 g/mol. The number of anilines is 2. The van der Waals surface area contributed by atoms with Crippen LogP contribution in [-0.4, -0.2) is 19.5 Å². The molecule has 0 aliphatic carbocycles. The Morgan fingerprint density at radius 3 is 2.52 bits per heavy atom. The van der Waals surface area contributed by atoms with Crippen LogP contribution in [0.25, 0.3) is 21.9 Å². The van der Waals surface area contributed by atoms with Crippen molar-refractivity contribution < 1.29 is 0 Å². The zero-order chi connectivity index (χ0) is 17.7. The van der Waals surface area contributed by atoms with Crippen LogP contribution in [0.4, 0.5) is 11.6 Å². The molecule has 0 atom stereocenters. The molecule has 2 aromatic carbocycles. The van der Waals surface area contributed by atoms with Crippen molar-refractivity contribution in [3.05, 3.63) is 61.2 Å². The van der Waals surface area contributed by atoms with Crippen LogP contribution in [0.2, 0.25) is 10.0 Å². The van der Waals surface area contributed by atoms with Crippen LogP contribution < -0.4 is 16.6 Å². The van der Waals surface area contributed by atoms with Gasteiger partial charge in [0.2, 0.25) is 5.95 Å². The SMILES string of the molecule is Cn1c(=O)[nH]c(=O)c2c3[nH]c(Nc4c(Cl)cccc4Cl)nc3ccc21. The van der Waals surface area contributed by atoms with Gasteiger partial charge < -0.3 is 10.3 Å². The summed E-state index contributed by atoms with van der Waals surface area (Å²) < 4.78 is 1.37. The number of nitrogens with zero attached hydrogens (tertiary/aromatic N) is 2. The van der Waals surface area contributed by atoms with Gasteiger partial charge >= 0.3 is 5.69 Å². The highest BCUT2D eigenvalue weighted by molar-refractivity contribution is 6.39. The summed E-state index contributed by atoms with van der Waals surface area (Å²) in [5, 5.41) is 4.27. The standard InChI is InChI=1S/C16H11Cl2N5O2/c1-23-10-6-5-9-13(11(10)14(24)22-16(23)25)21-15(19-9)20-12-7(17)3-2-4-8(12)18/h2-6H,1H3,(H2,19,20,21)(H,22,24,25). The Hall–Kier alpha value is -2.77. The summed E-state index contributed by atoms with van der Waals surface area (Å²) in [7, 11) is 1.59. The number of aryl methyl sites for hydroxylation is 1. The van der Waals surface area contributed by atoms with E-state index >= 15 is 0 Å². The number of benzene rings is 2. The van der Waals surface area contributed by atoms with Crippen molar-refractivity contribution in [1.82, 2.24) is 19.5 Å². The Bertz CT molecular complexity index is 1240. The molecule has 0 amide bonds. The number of rotatable bonds is 2. The van der Waals surface area contributed by atoms with Gasteiger partial charge in [-0.25, -0.2) is 9.78 Å². The zero-order valence-electron chi connectivity index (χ0n) is 12.9. The van der Waals surface area contributed by atoms with E-state index in [4.69, 9.17) is 23.2 Å². The summed E-state index contributed by atoms with van der Waals surface area (Å²) in [6.07, 6.45) is 0. The largest absolute Gasteiger partial charge is 0.328 e. The Labute approximate surface area is 150 Å². The third-order valence-corrected chi connectivity index (χ3v) is 4.59. The van der Waals surface area contributed by atoms with Gasteiger partial charge in [0.25, 0.3) is 5.56 Å². The summed E-state index contributed by atoms with van der Waals surface area (Å²) in [6.45, 7) is 0. The number of hydrogen-bond donors (Lipinski definition) is 3. The topological polar surface area (TPSA) is 95.6 Å². The van der Waals surface area contributed by atoms with Gasteiger partial charge in [-0.15, -0.1) is 0 Å². The maximum atomic E-state index is 12.3. The van der Waals surface area contributed by atoms with Gasteiger partial charge in [0.05, 0.1) is 37.7 Å². The number of hydrogen-bond acceptors (Lipinski definition) is 4. The fourth-order valence-electron chi connectivity index (χ4n) is 2.72. The Morgan fingerprint density at radius 1 is 1.08 bits per heavy atom. The van der Waals surface area contributed by atoms with E-state index in [1.54, 1.807) is 37.4 Å². The highest BCUT2D eigenvalue weighted by Crippen LogP contribution is 2.32. The summed E-state index contributed by atoms with van der Waals surface area (Å²) >= 11 is 12.3. The number of imidazole rings is 1. The minimum atomic E-state index is -0.477. The van der Waals surface area contributed by atoms with Crippen molar-refractivity contribution in [1.29, 1.82) is 0 Å². The number of H-pyrrole nitrogens is 2. The van der Waals surface area contributed by atoms with Gasteiger partial charge in [-0.2, -0.15) is 0 Å². The average molecular weight is 376 g/mol.